The van der Waals surface area contributed by atoms with Crippen LogP contribution in [0.1, 0.15) is 32.8 Å². The zero-order chi connectivity index (χ0) is 17.0. The van der Waals surface area contributed by atoms with Crippen LogP contribution >= 0.6 is 0 Å². The SMILES string of the molecule is CC(C)Oc1ccc(CCNC(=O)C2(C)CCN(C)C2=O)cc1. The van der Waals surface area contributed by atoms with Crippen molar-refractivity contribution in [3.63, 3.8) is 0 Å². The molecule has 1 N–H and O–H groups in total. The molecule has 0 bridgehead atoms. The quantitative estimate of drug-likeness (QED) is 0.816. The number of nitrogens with one attached hydrogen (secondary N) is 1. The summed E-state index contributed by atoms with van der Waals surface area (Å²) in [6.45, 7) is 6.87. The summed E-state index contributed by atoms with van der Waals surface area (Å²) in [6.07, 6.45) is 1.46. The van der Waals surface area contributed by atoms with Crippen LogP contribution in [0.4, 0.5) is 0 Å². The van der Waals surface area contributed by atoms with Gasteiger partial charge in [0.25, 0.3) is 0 Å². The second kappa shape index (κ2) is 7.02. The first-order valence-electron chi connectivity index (χ1n) is 8.12. The topological polar surface area (TPSA) is 58.6 Å². The van der Waals surface area contributed by atoms with Crippen molar-refractivity contribution in [2.75, 3.05) is 20.1 Å². The third-order valence-electron chi connectivity index (χ3n) is 4.26. The average Bonchev–Trinajstić information content (AvgIpc) is 2.77. The van der Waals surface area contributed by atoms with Gasteiger partial charge in [-0.3, -0.25) is 9.59 Å². The van der Waals surface area contributed by atoms with Gasteiger partial charge in [0, 0.05) is 20.1 Å². The standard InChI is InChI=1S/C18H26N2O3/c1-13(2)23-15-7-5-14(6-8-15)9-11-19-16(21)18(3)10-12-20(4)17(18)22/h5-8,13H,9-12H2,1-4H3,(H,19,21). The molecule has 5 nitrogen and oxygen atoms in total. The molecule has 1 aromatic carbocycles. The van der Waals surface area contributed by atoms with Gasteiger partial charge in [-0.15, -0.1) is 0 Å². The van der Waals surface area contributed by atoms with E-state index in [0.717, 1.165) is 17.7 Å². The summed E-state index contributed by atoms with van der Waals surface area (Å²) in [5.74, 6) is 0.580. The van der Waals surface area contributed by atoms with Crippen molar-refractivity contribution >= 4 is 11.8 Å². The minimum Gasteiger partial charge on any atom is -0.491 e. The number of carbonyl (C=O) groups excluding carboxylic acids is 2. The molecule has 126 valence electrons. The number of hydrogen-bond donors (Lipinski definition) is 1. The van der Waals surface area contributed by atoms with Crippen LogP contribution in [-0.4, -0.2) is 43.0 Å². The predicted molar refractivity (Wildman–Crippen MR) is 89.3 cm³/mol. The summed E-state index contributed by atoms with van der Waals surface area (Å²) in [5.41, 5.74) is 0.213. The van der Waals surface area contributed by atoms with Gasteiger partial charge in [-0.25, -0.2) is 0 Å². The molecule has 0 saturated carbocycles. The van der Waals surface area contributed by atoms with Gasteiger partial charge in [-0.05, 0) is 51.3 Å². The van der Waals surface area contributed by atoms with E-state index in [1.54, 1.807) is 18.9 Å². The molecule has 1 fully saturated rings. The highest BCUT2D eigenvalue weighted by atomic mass is 16.5. The zero-order valence-corrected chi connectivity index (χ0v) is 14.4. The Hall–Kier alpha value is -2.04. The molecule has 5 heteroatoms. The summed E-state index contributed by atoms with van der Waals surface area (Å²) >= 11 is 0. The highest BCUT2D eigenvalue weighted by Gasteiger charge is 2.47. The number of ether oxygens (including phenoxy) is 1. The molecule has 1 aliphatic heterocycles. The highest BCUT2D eigenvalue weighted by Crippen LogP contribution is 2.30. The summed E-state index contributed by atoms with van der Waals surface area (Å²) < 4.78 is 5.60. The molecular formula is C18H26N2O3. The number of hydrogen-bond acceptors (Lipinski definition) is 3. The first kappa shape index (κ1) is 17.3. The van der Waals surface area contributed by atoms with Crippen molar-refractivity contribution in [3.05, 3.63) is 29.8 Å². The molecule has 0 spiro atoms. The molecule has 0 radical (unpaired) electrons. The van der Waals surface area contributed by atoms with Gasteiger partial charge >= 0.3 is 0 Å². The van der Waals surface area contributed by atoms with Gasteiger partial charge < -0.3 is 15.0 Å². The monoisotopic (exact) mass is 318 g/mol. The molecule has 2 rings (SSSR count). The summed E-state index contributed by atoms with van der Waals surface area (Å²) in [5, 5.41) is 2.89. The van der Waals surface area contributed by atoms with E-state index in [-0.39, 0.29) is 17.9 Å². The fourth-order valence-electron chi connectivity index (χ4n) is 2.75. The Bertz CT molecular complexity index is 568. The Morgan fingerprint density at radius 3 is 2.52 bits per heavy atom. The number of amides is 2. The highest BCUT2D eigenvalue weighted by molar-refractivity contribution is 6.05. The van der Waals surface area contributed by atoms with Gasteiger partial charge in [0.15, 0.2) is 0 Å². The maximum atomic E-state index is 12.3. The minimum atomic E-state index is -0.913. The van der Waals surface area contributed by atoms with Crippen molar-refractivity contribution in [1.82, 2.24) is 10.2 Å². The van der Waals surface area contributed by atoms with E-state index in [2.05, 4.69) is 5.32 Å². The number of nitrogens with zero attached hydrogens (tertiary/aromatic N) is 1. The van der Waals surface area contributed by atoms with Crippen LogP contribution in [0.15, 0.2) is 24.3 Å². The number of benzene rings is 1. The molecule has 0 aliphatic carbocycles. The second-order valence-electron chi connectivity index (χ2n) is 6.63. The van der Waals surface area contributed by atoms with Gasteiger partial charge in [0.2, 0.25) is 11.8 Å². The fraction of sp³-hybridized carbons (Fsp3) is 0.556. The van der Waals surface area contributed by atoms with Crippen LogP contribution in [0.3, 0.4) is 0 Å². The van der Waals surface area contributed by atoms with Crippen molar-refractivity contribution in [3.8, 4) is 5.75 Å². The molecule has 1 heterocycles. The van der Waals surface area contributed by atoms with Gasteiger partial charge in [-0.2, -0.15) is 0 Å². The maximum absolute atomic E-state index is 12.3. The Morgan fingerprint density at radius 2 is 2.00 bits per heavy atom. The Labute approximate surface area is 138 Å². The molecule has 1 aliphatic rings. The normalized spacial score (nSPS) is 20.9. The van der Waals surface area contributed by atoms with E-state index >= 15 is 0 Å². The summed E-state index contributed by atoms with van der Waals surface area (Å²) in [6, 6.07) is 7.88. The van der Waals surface area contributed by atoms with Crippen molar-refractivity contribution in [1.29, 1.82) is 0 Å². The van der Waals surface area contributed by atoms with Crippen molar-refractivity contribution in [2.45, 2.75) is 39.7 Å². The van der Waals surface area contributed by atoms with Gasteiger partial charge in [0.1, 0.15) is 11.2 Å². The molecule has 2 amide bonds. The maximum Gasteiger partial charge on any atom is 0.237 e. The molecule has 1 saturated heterocycles. The van der Waals surface area contributed by atoms with E-state index in [4.69, 9.17) is 4.74 Å². The first-order valence-corrected chi connectivity index (χ1v) is 8.12. The lowest BCUT2D eigenvalue weighted by Gasteiger charge is -2.21. The van der Waals surface area contributed by atoms with E-state index in [0.29, 0.717) is 19.5 Å². The third kappa shape index (κ3) is 4.03. The third-order valence-corrected chi connectivity index (χ3v) is 4.26. The van der Waals surface area contributed by atoms with E-state index in [1.807, 2.05) is 38.1 Å². The van der Waals surface area contributed by atoms with Crippen molar-refractivity contribution in [2.24, 2.45) is 5.41 Å². The molecule has 1 unspecified atom stereocenters. The Kier molecular flexibility index (Phi) is 5.29. The van der Waals surface area contributed by atoms with Crippen LogP contribution < -0.4 is 10.1 Å². The number of likely N-dealkylation sites (tertiary alicyclic amines) is 1. The molecule has 0 aromatic heterocycles. The zero-order valence-electron chi connectivity index (χ0n) is 14.4. The second-order valence-corrected chi connectivity index (χ2v) is 6.63. The van der Waals surface area contributed by atoms with Gasteiger partial charge in [0.05, 0.1) is 6.10 Å². The smallest absolute Gasteiger partial charge is 0.237 e. The van der Waals surface area contributed by atoms with Crippen LogP contribution in [0.25, 0.3) is 0 Å². The van der Waals surface area contributed by atoms with Crippen LogP contribution in [0.2, 0.25) is 0 Å². The lowest BCUT2D eigenvalue weighted by atomic mass is 9.88. The van der Waals surface area contributed by atoms with Crippen LogP contribution in [0, 0.1) is 5.41 Å². The molecule has 1 aromatic rings. The Balaban J connectivity index is 1.83. The molecule has 23 heavy (non-hydrogen) atoms. The van der Waals surface area contributed by atoms with Crippen molar-refractivity contribution < 1.29 is 14.3 Å². The van der Waals surface area contributed by atoms with E-state index < -0.39 is 5.41 Å². The van der Waals surface area contributed by atoms with Crippen LogP contribution in [0.5, 0.6) is 5.75 Å². The largest absolute Gasteiger partial charge is 0.491 e. The summed E-state index contributed by atoms with van der Waals surface area (Å²) in [7, 11) is 1.74. The van der Waals surface area contributed by atoms with E-state index in [1.165, 1.54) is 0 Å². The minimum absolute atomic E-state index is 0.0924. The van der Waals surface area contributed by atoms with Gasteiger partial charge in [-0.1, -0.05) is 12.1 Å². The predicted octanol–water partition coefficient (Wildman–Crippen LogP) is 2.00. The fourth-order valence-corrected chi connectivity index (χ4v) is 2.75. The van der Waals surface area contributed by atoms with E-state index in [9.17, 15) is 9.59 Å². The molecular weight excluding hydrogens is 292 g/mol. The Morgan fingerprint density at radius 1 is 1.35 bits per heavy atom. The molecule has 1 atom stereocenters. The average molecular weight is 318 g/mol. The number of carbonyl (C=O) groups is 2. The van der Waals surface area contributed by atoms with Crippen LogP contribution in [-0.2, 0) is 16.0 Å². The summed E-state index contributed by atoms with van der Waals surface area (Å²) in [4.78, 5) is 26.0. The lowest BCUT2D eigenvalue weighted by molar-refractivity contribution is -0.143. The number of rotatable bonds is 6. The lowest BCUT2D eigenvalue weighted by Crippen LogP contribution is -2.44. The first-order chi connectivity index (χ1) is 10.8.